The highest BCUT2D eigenvalue weighted by atomic mass is 16.7. The maximum Gasteiger partial charge on any atom is 0.340 e. The molecule has 0 saturated carbocycles. The Labute approximate surface area is 195 Å². The van der Waals surface area contributed by atoms with Crippen molar-refractivity contribution >= 4 is 17.9 Å². The van der Waals surface area contributed by atoms with Gasteiger partial charge < -0.3 is 24.1 Å². The van der Waals surface area contributed by atoms with E-state index in [4.69, 9.17) is 18.9 Å². The molecule has 1 heterocycles. The summed E-state index contributed by atoms with van der Waals surface area (Å²) in [7, 11) is 0. The first-order chi connectivity index (χ1) is 16.5. The van der Waals surface area contributed by atoms with Crippen LogP contribution in [0.3, 0.4) is 0 Å². The molecule has 3 aromatic carbocycles. The number of hydrogen-bond acceptors (Lipinski definition) is 8. The molecule has 3 aromatic rings. The molecule has 0 spiro atoms. The van der Waals surface area contributed by atoms with Gasteiger partial charge in [0.15, 0.2) is 12.2 Å². The van der Waals surface area contributed by atoms with Gasteiger partial charge in [0.05, 0.1) is 16.7 Å². The van der Waals surface area contributed by atoms with Gasteiger partial charge in [-0.15, -0.1) is 0 Å². The standard InChI is InChI=1S/C26H22O8/c27-21-22(33-24(29)18-12-6-2-7-13-18)20(16-31-23(28)17-10-4-1-5-11-17)32-26(21)34-25(30)19-14-8-3-9-15-19/h1-15,20-22,26-27H,16H2/t20-,21+,22-,26+/m1/s1. The Balaban J connectivity index is 1.47. The molecule has 0 aromatic heterocycles. The zero-order valence-corrected chi connectivity index (χ0v) is 18.0. The normalized spacial score (nSPS) is 21.4. The van der Waals surface area contributed by atoms with Crippen molar-refractivity contribution in [3.63, 3.8) is 0 Å². The van der Waals surface area contributed by atoms with Gasteiger partial charge in [0.25, 0.3) is 0 Å². The largest absolute Gasteiger partial charge is 0.459 e. The van der Waals surface area contributed by atoms with E-state index in [1.807, 2.05) is 0 Å². The summed E-state index contributed by atoms with van der Waals surface area (Å²) in [5.41, 5.74) is 0.848. The fourth-order valence-corrected chi connectivity index (χ4v) is 3.41. The van der Waals surface area contributed by atoms with Crippen LogP contribution in [0.4, 0.5) is 0 Å². The topological polar surface area (TPSA) is 108 Å². The van der Waals surface area contributed by atoms with Crippen LogP contribution in [0.25, 0.3) is 0 Å². The van der Waals surface area contributed by atoms with E-state index in [2.05, 4.69) is 0 Å². The maximum absolute atomic E-state index is 12.6. The van der Waals surface area contributed by atoms with E-state index in [1.165, 1.54) is 0 Å². The molecule has 0 aliphatic carbocycles. The van der Waals surface area contributed by atoms with E-state index < -0.39 is 42.5 Å². The first-order valence-electron chi connectivity index (χ1n) is 10.6. The molecule has 174 valence electrons. The summed E-state index contributed by atoms with van der Waals surface area (Å²) in [5, 5.41) is 10.8. The van der Waals surface area contributed by atoms with Crippen molar-refractivity contribution in [1.29, 1.82) is 0 Å². The number of aliphatic hydroxyl groups is 1. The van der Waals surface area contributed by atoms with Crippen LogP contribution >= 0.6 is 0 Å². The molecule has 0 amide bonds. The summed E-state index contributed by atoms with van der Waals surface area (Å²) in [6.45, 7) is -0.336. The lowest BCUT2D eigenvalue weighted by Gasteiger charge is -2.20. The van der Waals surface area contributed by atoms with Gasteiger partial charge >= 0.3 is 17.9 Å². The summed E-state index contributed by atoms with van der Waals surface area (Å²) in [6.07, 6.45) is -5.24. The van der Waals surface area contributed by atoms with Crippen molar-refractivity contribution in [2.24, 2.45) is 0 Å². The first-order valence-corrected chi connectivity index (χ1v) is 10.6. The average Bonchev–Trinajstić information content (AvgIpc) is 3.17. The van der Waals surface area contributed by atoms with Crippen molar-refractivity contribution in [3.05, 3.63) is 108 Å². The monoisotopic (exact) mass is 462 g/mol. The van der Waals surface area contributed by atoms with E-state index >= 15 is 0 Å². The van der Waals surface area contributed by atoms with E-state index in [9.17, 15) is 19.5 Å². The number of ether oxygens (including phenoxy) is 4. The van der Waals surface area contributed by atoms with Gasteiger partial charge in [0, 0.05) is 0 Å². The summed E-state index contributed by atoms with van der Waals surface area (Å²) in [6, 6.07) is 24.7. The molecule has 4 rings (SSSR count). The Bertz CT molecular complexity index is 1120. The molecule has 1 N–H and O–H groups in total. The van der Waals surface area contributed by atoms with E-state index in [-0.39, 0.29) is 17.7 Å². The minimum atomic E-state index is -1.50. The predicted molar refractivity (Wildman–Crippen MR) is 119 cm³/mol. The van der Waals surface area contributed by atoms with Crippen molar-refractivity contribution < 1.29 is 38.4 Å². The predicted octanol–water partition coefficient (Wildman–Crippen LogP) is 3.01. The molecule has 0 bridgehead atoms. The third-order valence-electron chi connectivity index (χ3n) is 5.16. The van der Waals surface area contributed by atoms with Crippen LogP contribution in [0.1, 0.15) is 31.1 Å². The third kappa shape index (κ3) is 5.48. The van der Waals surface area contributed by atoms with E-state index in [0.29, 0.717) is 5.56 Å². The fourth-order valence-electron chi connectivity index (χ4n) is 3.41. The Hall–Kier alpha value is -4.01. The van der Waals surface area contributed by atoms with Gasteiger partial charge in [0.1, 0.15) is 12.7 Å². The lowest BCUT2D eigenvalue weighted by Crippen LogP contribution is -2.40. The SMILES string of the molecule is O=C(OC[C@H]1O[C@@H](OC(=O)c2ccccc2)[C@@H](O)[C@@H]1OC(=O)c1ccccc1)c1ccccc1. The van der Waals surface area contributed by atoms with Crippen LogP contribution in [0.5, 0.6) is 0 Å². The zero-order chi connectivity index (χ0) is 23.9. The van der Waals surface area contributed by atoms with Crippen molar-refractivity contribution in [2.45, 2.75) is 24.6 Å². The van der Waals surface area contributed by atoms with Gasteiger partial charge in [0.2, 0.25) is 6.29 Å². The highest BCUT2D eigenvalue weighted by Crippen LogP contribution is 2.27. The number of aliphatic hydroxyl groups excluding tert-OH is 1. The molecule has 0 radical (unpaired) electrons. The van der Waals surface area contributed by atoms with Gasteiger partial charge in [-0.2, -0.15) is 0 Å². The molecule has 1 aliphatic rings. The van der Waals surface area contributed by atoms with Crippen LogP contribution in [0.15, 0.2) is 91.0 Å². The highest BCUT2D eigenvalue weighted by Gasteiger charge is 2.49. The number of esters is 3. The first kappa shape index (κ1) is 23.2. The van der Waals surface area contributed by atoms with E-state index in [0.717, 1.165) is 0 Å². The van der Waals surface area contributed by atoms with Crippen LogP contribution in [-0.4, -0.2) is 54.2 Å². The molecule has 34 heavy (non-hydrogen) atoms. The van der Waals surface area contributed by atoms with Crippen LogP contribution in [0.2, 0.25) is 0 Å². The Morgan fingerprint density at radius 2 is 1.12 bits per heavy atom. The lowest BCUT2D eigenvalue weighted by atomic mass is 10.1. The minimum Gasteiger partial charge on any atom is -0.459 e. The number of rotatable bonds is 7. The highest BCUT2D eigenvalue weighted by molar-refractivity contribution is 5.90. The van der Waals surface area contributed by atoms with Gasteiger partial charge in [-0.1, -0.05) is 54.6 Å². The second-order valence-corrected chi connectivity index (χ2v) is 7.51. The summed E-state index contributed by atoms with van der Waals surface area (Å²) < 4.78 is 21.8. The maximum atomic E-state index is 12.6. The second kappa shape index (κ2) is 10.7. The molecular weight excluding hydrogens is 440 g/mol. The summed E-state index contributed by atoms with van der Waals surface area (Å²) in [5.74, 6) is -2.04. The average molecular weight is 462 g/mol. The second-order valence-electron chi connectivity index (χ2n) is 7.51. The van der Waals surface area contributed by atoms with E-state index in [1.54, 1.807) is 91.0 Å². The molecule has 0 unspecified atom stereocenters. The molecular formula is C26H22O8. The smallest absolute Gasteiger partial charge is 0.340 e. The Kier molecular flexibility index (Phi) is 7.31. The molecule has 1 saturated heterocycles. The lowest BCUT2D eigenvalue weighted by molar-refractivity contribution is -0.139. The Morgan fingerprint density at radius 1 is 0.676 bits per heavy atom. The van der Waals surface area contributed by atoms with Gasteiger partial charge in [-0.25, -0.2) is 14.4 Å². The van der Waals surface area contributed by atoms with Gasteiger partial charge in [-0.3, -0.25) is 0 Å². The van der Waals surface area contributed by atoms with Crippen LogP contribution in [0, 0.1) is 0 Å². The number of carbonyl (C=O) groups excluding carboxylic acids is 3. The minimum absolute atomic E-state index is 0.259. The van der Waals surface area contributed by atoms with Crippen molar-refractivity contribution in [3.8, 4) is 0 Å². The fraction of sp³-hybridized carbons (Fsp3) is 0.192. The van der Waals surface area contributed by atoms with Gasteiger partial charge in [-0.05, 0) is 36.4 Å². The summed E-state index contributed by atoms with van der Waals surface area (Å²) >= 11 is 0. The number of hydrogen-bond donors (Lipinski definition) is 1. The number of carbonyl (C=O) groups is 3. The molecule has 8 nitrogen and oxygen atoms in total. The quantitative estimate of drug-likeness (QED) is 0.422. The number of benzene rings is 3. The Morgan fingerprint density at radius 3 is 1.62 bits per heavy atom. The molecule has 1 aliphatic heterocycles. The van der Waals surface area contributed by atoms with Crippen molar-refractivity contribution in [2.75, 3.05) is 6.61 Å². The zero-order valence-electron chi connectivity index (χ0n) is 18.0. The van der Waals surface area contributed by atoms with Crippen LogP contribution in [-0.2, 0) is 18.9 Å². The molecule has 1 fully saturated rings. The summed E-state index contributed by atoms with van der Waals surface area (Å²) in [4.78, 5) is 37.4. The van der Waals surface area contributed by atoms with Crippen LogP contribution < -0.4 is 0 Å². The molecule has 4 atom stereocenters. The third-order valence-corrected chi connectivity index (χ3v) is 5.16. The van der Waals surface area contributed by atoms with Crippen molar-refractivity contribution in [1.82, 2.24) is 0 Å². The molecule has 8 heteroatoms.